The van der Waals surface area contributed by atoms with Gasteiger partial charge < -0.3 is 4.42 Å². The molecule has 0 amide bonds. The first-order valence-corrected chi connectivity index (χ1v) is 10.3. The number of aromatic nitrogens is 3. The number of oxazole rings is 1. The summed E-state index contributed by atoms with van der Waals surface area (Å²) in [6.07, 6.45) is 0. The van der Waals surface area contributed by atoms with Crippen LogP contribution in [0.1, 0.15) is 11.5 Å². The molecule has 0 N–H and O–H groups in total. The molecule has 142 valence electrons. The van der Waals surface area contributed by atoms with E-state index in [1.807, 2.05) is 78.9 Å². The van der Waals surface area contributed by atoms with Gasteiger partial charge >= 0.3 is 0 Å². The minimum absolute atomic E-state index is 0.0421. The maximum absolute atomic E-state index is 13.2. The molecule has 0 radical (unpaired) electrons. The zero-order valence-corrected chi connectivity index (χ0v) is 16.3. The zero-order valence-electron chi connectivity index (χ0n) is 15.5. The summed E-state index contributed by atoms with van der Waals surface area (Å²) in [5, 5.41) is 1.27. The van der Waals surface area contributed by atoms with Crippen molar-refractivity contribution < 1.29 is 4.42 Å². The van der Waals surface area contributed by atoms with Gasteiger partial charge in [-0.3, -0.25) is 9.36 Å². The molecule has 0 atom stereocenters. The number of benzene rings is 3. The summed E-state index contributed by atoms with van der Waals surface area (Å²) < 4.78 is 7.55. The monoisotopic (exact) mass is 399 g/mol. The Hall–Kier alpha value is -3.38. The van der Waals surface area contributed by atoms with Crippen LogP contribution in [0.4, 0.5) is 0 Å². The van der Waals surface area contributed by atoms with Crippen LogP contribution in [0.5, 0.6) is 0 Å². The first-order valence-electron chi connectivity index (χ1n) is 9.29. The van der Waals surface area contributed by atoms with Crippen LogP contribution < -0.4 is 5.56 Å². The van der Waals surface area contributed by atoms with E-state index < -0.39 is 0 Å². The highest BCUT2D eigenvalue weighted by Gasteiger charge is 2.14. The second-order valence-electron chi connectivity index (χ2n) is 6.65. The van der Waals surface area contributed by atoms with Gasteiger partial charge in [-0.2, -0.15) is 0 Å². The number of rotatable bonds is 5. The van der Waals surface area contributed by atoms with Crippen LogP contribution in [0.3, 0.4) is 0 Å². The Morgan fingerprint density at radius 2 is 1.55 bits per heavy atom. The van der Waals surface area contributed by atoms with E-state index in [0.717, 1.165) is 16.7 Å². The molecule has 2 heterocycles. The van der Waals surface area contributed by atoms with Gasteiger partial charge in [-0.25, -0.2) is 9.97 Å². The number of nitrogens with zero attached hydrogens (tertiary/aromatic N) is 3. The summed E-state index contributed by atoms with van der Waals surface area (Å²) >= 11 is 1.46. The van der Waals surface area contributed by atoms with E-state index in [1.54, 1.807) is 4.57 Å². The van der Waals surface area contributed by atoms with Crippen molar-refractivity contribution in [1.29, 1.82) is 0 Å². The molecule has 0 aliphatic carbocycles. The Bertz CT molecular complexity index is 1330. The van der Waals surface area contributed by atoms with E-state index in [1.165, 1.54) is 11.8 Å². The fraction of sp³-hybridized carbons (Fsp3) is 0.0870. The number of hydrogen-bond donors (Lipinski definition) is 0. The van der Waals surface area contributed by atoms with Crippen LogP contribution in [0, 0.1) is 0 Å². The molecule has 0 unspecified atom stereocenters. The van der Waals surface area contributed by atoms with Crippen LogP contribution in [0.2, 0.25) is 0 Å². The van der Waals surface area contributed by atoms with Crippen LogP contribution in [0.15, 0.2) is 93.2 Å². The van der Waals surface area contributed by atoms with Crippen LogP contribution in [0.25, 0.3) is 22.0 Å². The second kappa shape index (κ2) is 7.56. The summed E-state index contributed by atoms with van der Waals surface area (Å²) in [4.78, 5) is 22.5. The molecular weight excluding hydrogens is 382 g/mol. The molecular formula is C23H17N3O2S. The van der Waals surface area contributed by atoms with Crippen molar-refractivity contribution >= 4 is 33.8 Å². The van der Waals surface area contributed by atoms with E-state index in [2.05, 4.69) is 4.98 Å². The minimum Gasteiger partial charge on any atom is -0.440 e. The van der Waals surface area contributed by atoms with Crippen molar-refractivity contribution in [2.24, 2.45) is 0 Å². The first-order chi connectivity index (χ1) is 14.3. The van der Waals surface area contributed by atoms with Crippen molar-refractivity contribution in [3.05, 3.63) is 101 Å². The highest BCUT2D eigenvalue weighted by Crippen LogP contribution is 2.24. The van der Waals surface area contributed by atoms with E-state index in [4.69, 9.17) is 9.40 Å². The third-order valence-corrected chi connectivity index (χ3v) is 5.63. The molecule has 0 spiro atoms. The van der Waals surface area contributed by atoms with Gasteiger partial charge in [-0.05, 0) is 29.8 Å². The second-order valence-corrected chi connectivity index (χ2v) is 7.59. The summed E-state index contributed by atoms with van der Waals surface area (Å²) in [5.41, 5.74) is 3.30. The average molecular weight is 399 g/mol. The molecule has 5 rings (SSSR count). The van der Waals surface area contributed by atoms with E-state index in [0.29, 0.717) is 34.2 Å². The Morgan fingerprint density at radius 3 is 2.38 bits per heavy atom. The topological polar surface area (TPSA) is 60.9 Å². The summed E-state index contributed by atoms with van der Waals surface area (Å²) in [5.74, 6) is 1.11. The van der Waals surface area contributed by atoms with Crippen molar-refractivity contribution in [2.45, 2.75) is 17.5 Å². The molecule has 0 aliphatic heterocycles. The van der Waals surface area contributed by atoms with E-state index >= 15 is 0 Å². The summed E-state index contributed by atoms with van der Waals surface area (Å²) in [6, 6.07) is 25.1. The number of hydrogen-bond acceptors (Lipinski definition) is 5. The molecule has 3 aromatic carbocycles. The van der Waals surface area contributed by atoms with E-state index in [-0.39, 0.29) is 5.56 Å². The molecule has 0 saturated carbocycles. The SMILES string of the molecule is O=c1c2ccccc2nc(SCc2nc3ccccc3o2)n1Cc1ccccc1. The Morgan fingerprint density at radius 1 is 0.828 bits per heavy atom. The third kappa shape index (κ3) is 3.54. The van der Waals surface area contributed by atoms with Crippen molar-refractivity contribution in [1.82, 2.24) is 14.5 Å². The normalized spacial score (nSPS) is 11.3. The third-order valence-electron chi connectivity index (χ3n) is 4.67. The highest BCUT2D eigenvalue weighted by molar-refractivity contribution is 7.98. The Balaban J connectivity index is 1.53. The maximum Gasteiger partial charge on any atom is 0.262 e. The van der Waals surface area contributed by atoms with Gasteiger partial charge in [0, 0.05) is 0 Å². The predicted octanol–water partition coefficient (Wildman–Crippen LogP) is 4.88. The molecule has 0 fully saturated rings. The van der Waals surface area contributed by atoms with Gasteiger partial charge in [0.2, 0.25) is 5.89 Å². The minimum atomic E-state index is -0.0421. The van der Waals surface area contributed by atoms with Gasteiger partial charge in [0.05, 0.1) is 23.2 Å². The van der Waals surface area contributed by atoms with Crippen molar-refractivity contribution in [3.8, 4) is 0 Å². The van der Waals surface area contributed by atoms with Crippen LogP contribution in [-0.2, 0) is 12.3 Å². The smallest absolute Gasteiger partial charge is 0.262 e. The van der Waals surface area contributed by atoms with Gasteiger partial charge in [0.1, 0.15) is 5.52 Å². The maximum atomic E-state index is 13.2. The van der Waals surface area contributed by atoms with Gasteiger partial charge in [-0.1, -0.05) is 66.4 Å². The molecule has 2 aromatic heterocycles. The lowest BCUT2D eigenvalue weighted by Gasteiger charge is -2.12. The van der Waals surface area contributed by atoms with Gasteiger partial charge in [0.15, 0.2) is 10.7 Å². The van der Waals surface area contributed by atoms with Crippen LogP contribution >= 0.6 is 11.8 Å². The van der Waals surface area contributed by atoms with Crippen molar-refractivity contribution in [2.75, 3.05) is 0 Å². The quantitative estimate of drug-likeness (QED) is 0.311. The average Bonchev–Trinajstić information content (AvgIpc) is 3.18. The fourth-order valence-electron chi connectivity index (χ4n) is 3.27. The predicted molar refractivity (Wildman–Crippen MR) is 115 cm³/mol. The van der Waals surface area contributed by atoms with E-state index in [9.17, 15) is 4.79 Å². The first kappa shape index (κ1) is 17.7. The Kier molecular flexibility index (Phi) is 4.62. The number of para-hydroxylation sites is 3. The molecule has 5 nitrogen and oxygen atoms in total. The Labute approximate surface area is 171 Å². The molecule has 5 aromatic rings. The van der Waals surface area contributed by atoms with Gasteiger partial charge in [0.25, 0.3) is 5.56 Å². The molecule has 0 saturated heterocycles. The molecule has 29 heavy (non-hydrogen) atoms. The van der Waals surface area contributed by atoms with Crippen LogP contribution in [-0.4, -0.2) is 14.5 Å². The highest BCUT2D eigenvalue weighted by atomic mass is 32.2. The molecule has 0 aliphatic rings. The lowest BCUT2D eigenvalue weighted by Crippen LogP contribution is -2.24. The molecule has 0 bridgehead atoms. The number of fused-ring (bicyclic) bond motifs is 2. The molecule has 6 heteroatoms. The fourth-order valence-corrected chi connectivity index (χ4v) is 4.11. The van der Waals surface area contributed by atoms with Crippen molar-refractivity contribution in [3.63, 3.8) is 0 Å². The largest absolute Gasteiger partial charge is 0.440 e. The summed E-state index contributed by atoms with van der Waals surface area (Å²) in [6.45, 7) is 0.466. The van der Waals surface area contributed by atoms with Gasteiger partial charge in [-0.15, -0.1) is 0 Å². The zero-order chi connectivity index (χ0) is 19.6. The number of thioether (sulfide) groups is 1. The lowest BCUT2D eigenvalue weighted by molar-refractivity contribution is 0.555. The standard InChI is InChI=1S/C23H17N3O2S/c27-22-17-10-4-5-11-18(17)25-23(26(22)14-16-8-2-1-3-9-16)29-15-21-24-19-12-6-7-13-20(19)28-21/h1-13H,14-15H2. The summed E-state index contributed by atoms with van der Waals surface area (Å²) in [7, 11) is 0. The lowest BCUT2D eigenvalue weighted by atomic mass is 10.2.